The van der Waals surface area contributed by atoms with E-state index in [0.29, 0.717) is 34.6 Å². The zero-order valence-corrected chi connectivity index (χ0v) is 13.2. The van der Waals surface area contributed by atoms with Crippen LogP contribution in [0.15, 0.2) is 46.6 Å². The molecule has 0 saturated carbocycles. The Kier molecular flexibility index (Phi) is 6.11. The van der Waals surface area contributed by atoms with Crippen molar-refractivity contribution in [3.05, 3.63) is 78.5 Å². The normalized spacial score (nSPS) is 9.83. The lowest BCUT2D eigenvalue weighted by molar-refractivity contribution is 0.107. The molecular weight excluding hydrogens is 339 g/mol. The van der Waals surface area contributed by atoms with Crippen LogP contribution in [0.2, 0.25) is 10.0 Å². The van der Waals surface area contributed by atoms with Crippen molar-refractivity contribution in [3.63, 3.8) is 0 Å². The van der Waals surface area contributed by atoms with Gasteiger partial charge in [0.05, 0.1) is 34.6 Å². The van der Waals surface area contributed by atoms with E-state index in [-0.39, 0.29) is 0 Å². The SMILES string of the molecule is [N-]=[N+]=Nc1ccc(COCc2ccc(N=[N+]=[N-])c(Cl)c2)cc1Cl. The average Bonchev–Trinajstić information content (AvgIpc) is 2.53. The third kappa shape index (κ3) is 4.79. The van der Waals surface area contributed by atoms with E-state index in [1.165, 1.54) is 0 Å². The Morgan fingerprint density at radius 2 is 1.26 bits per heavy atom. The molecule has 0 radical (unpaired) electrons. The first-order valence-corrected chi connectivity index (χ1v) is 7.14. The monoisotopic (exact) mass is 348 g/mol. The van der Waals surface area contributed by atoms with Crippen LogP contribution in [0.4, 0.5) is 11.4 Å². The molecule has 0 N–H and O–H groups in total. The molecule has 0 aliphatic rings. The summed E-state index contributed by atoms with van der Waals surface area (Å²) in [6.45, 7) is 0.679. The maximum Gasteiger partial charge on any atom is 0.0721 e. The summed E-state index contributed by atoms with van der Waals surface area (Å²) >= 11 is 12.0. The molecule has 0 fully saturated rings. The molecule has 0 unspecified atom stereocenters. The number of halogens is 2. The van der Waals surface area contributed by atoms with E-state index in [2.05, 4.69) is 20.1 Å². The molecule has 2 rings (SSSR count). The fourth-order valence-corrected chi connectivity index (χ4v) is 2.31. The van der Waals surface area contributed by atoms with Crippen molar-refractivity contribution in [2.45, 2.75) is 13.2 Å². The molecule has 0 atom stereocenters. The molecule has 2 aromatic carbocycles. The van der Waals surface area contributed by atoms with Crippen molar-refractivity contribution < 1.29 is 4.74 Å². The third-order valence-electron chi connectivity index (χ3n) is 2.87. The van der Waals surface area contributed by atoms with Gasteiger partial charge in [0.2, 0.25) is 0 Å². The summed E-state index contributed by atoms with van der Waals surface area (Å²) < 4.78 is 5.59. The summed E-state index contributed by atoms with van der Waals surface area (Å²) in [5.74, 6) is 0. The Labute approximate surface area is 141 Å². The van der Waals surface area contributed by atoms with Gasteiger partial charge in [-0.15, -0.1) is 0 Å². The minimum atomic E-state index is 0.339. The van der Waals surface area contributed by atoms with Crippen molar-refractivity contribution in [2.75, 3.05) is 0 Å². The first-order valence-electron chi connectivity index (χ1n) is 6.39. The molecule has 0 aromatic heterocycles. The topological polar surface area (TPSA) is 107 Å². The molecule has 7 nitrogen and oxygen atoms in total. The van der Waals surface area contributed by atoms with E-state index in [4.69, 9.17) is 39.0 Å². The zero-order chi connectivity index (χ0) is 16.7. The number of hydrogen-bond acceptors (Lipinski definition) is 3. The number of nitrogens with zero attached hydrogens (tertiary/aromatic N) is 6. The van der Waals surface area contributed by atoms with Crippen LogP contribution in [0, 0.1) is 0 Å². The molecule has 0 aliphatic heterocycles. The number of rotatable bonds is 6. The summed E-state index contributed by atoms with van der Waals surface area (Å²) in [6.07, 6.45) is 0. The van der Waals surface area contributed by atoms with Crippen molar-refractivity contribution in [2.24, 2.45) is 10.2 Å². The fourth-order valence-electron chi connectivity index (χ4n) is 1.83. The summed E-state index contributed by atoms with van der Waals surface area (Å²) in [7, 11) is 0. The van der Waals surface area contributed by atoms with Gasteiger partial charge in [-0.1, -0.05) is 57.7 Å². The fraction of sp³-hybridized carbons (Fsp3) is 0.143. The van der Waals surface area contributed by atoms with Crippen LogP contribution >= 0.6 is 23.2 Å². The average molecular weight is 349 g/mol. The molecule has 116 valence electrons. The Morgan fingerprint density at radius 3 is 1.61 bits per heavy atom. The molecule has 0 heterocycles. The van der Waals surface area contributed by atoms with Crippen molar-refractivity contribution in [1.82, 2.24) is 0 Å². The van der Waals surface area contributed by atoms with Gasteiger partial charge in [-0.3, -0.25) is 0 Å². The van der Waals surface area contributed by atoms with Crippen molar-refractivity contribution in [3.8, 4) is 0 Å². The van der Waals surface area contributed by atoms with Gasteiger partial charge < -0.3 is 4.74 Å². The molecule has 0 saturated heterocycles. The molecule has 9 heteroatoms. The largest absolute Gasteiger partial charge is 0.372 e. The molecule has 0 spiro atoms. The van der Waals surface area contributed by atoms with Gasteiger partial charge in [0.15, 0.2) is 0 Å². The third-order valence-corrected chi connectivity index (χ3v) is 3.47. The highest BCUT2D eigenvalue weighted by Gasteiger charge is 2.03. The minimum Gasteiger partial charge on any atom is -0.372 e. The van der Waals surface area contributed by atoms with Gasteiger partial charge >= 0.3 is 0 Å². The zero-order valence-electron chi connectivity index (χ0n) is 11.7. The molecule has 2 aromatic rings. The quantitative estimate of drug-likeness (QED) is 0.327. The van der Waals surface area contributed by atoms with Gasteiger partial charge in [0.1, 0.15) is 0 Å². The molecule has 0 bridgehead atoms. The van der Waals surface area contributed by atoms with Crippen LogP contribution in [0.3, 0.4) is 0 Å². The standard InChI is InChI=1S/C14H10Cl2N6O/c15-11-5-9(1-3-13(11)19-21-17)7-23-8-10-2-4-14(20-22-18)12(16)6-10/h1-6H,7-8H2. The highest BCUT2D eigenvalue weighted by Crippen LogP contribution is 2.27. The van der Waals surface area contributed by atoms with E-state index in [1.807, 2.05) is 0 Å². The molecular formula is C14H10Cl2N6O. The Hall–Kier alpha value is -2.40. The Bertz CT molecular complexity index is 745. The lowest BCUT2D eigenvalue weighted by Crippen LogP contribution is -1.94. The van der Waals surface area contributed by atoms with Crippen LogP contribution in [0.5, 0.6) is 0 Å². The number of benzene rings is 2. The number of ether oxygens (including phenoxy) is 1. The van der Waals surface area contributed by atoms with Gasteiger partial charge in [-0.05, 0) is 34.3 Å². The molecule has 23 heavy (non-hydrogen) atoms. The predicted octanol–water partition coefficient (Wildman–Crippen LogP) is 6.59. The van der Waals surface area contributed by atoms with E-state index >= 15 is 0 Å². The lowest BCUT2D eigenvalue weighted by Gasteiger charge is -2.07. The second kappa shape index (κ2) is 8.29. The number of azide groups is 2. The summed E-state index contributed by atoms with van der Waals surface area (Å²) in [5, 5.41) is 7.67. The van der Waals surface area contributed by atoms with Crippen molar-refractivity contribution in [1.29, 1.82) is 0 Å². The number of hydrogen-bond donors (Lipinski definition) is 0. The summed E-state index contributed by atoms with van der Waals surface area (Å²) in [5.41, 5.74) is 19.2. The van der Waals surface area contributed by atoms with Crippen LogP contribution in [0.1, 0.15) is 11.1 Å². The molecule has 0 aliphatic carbocycles. The maximum atomic E-state index is 8.39. The second-order valence-electron chi connectivity index (χ2n) is 4.44. The van der Waals surface area contributed by atoms with Crippen LogP contribution in [-0.2, 0) is 18.0 Å². The summed E-state index contributed by atoms with van der Waals surface area (Å²) in [6, 6.07) is 10.2. The van der Waals surface area contributed by atoms with Crippen LogP contribution in [0.25, 0.3) is 20.9 Å². The molecule has 0 amide bonds. The highest BCUT2D eigenvalue weighted by atomic mass is 35.5. The Morgan fingerprint density at radius 1 is 0.826 bits per heavy atom. The first kappa shape index (κ1) is 17.0. The minimum absolute atomic E-state index is 0.339. The van der Waals surface area contributed by atoms with E-state index in [1.54, 1.807) is 36.4 Å². The highest BCUT2D eigenvalue weighted by molar-refractivity contribution is 6.33. The van der Waals surface area contributed by atoms with Crippen LogP contribution in [-0.4, -0.2) is 0 Å². The van der Waals surface area contributed by atoms with E-state index < -0.39 is 0 Å². The first-order chi connectivity index (χ1) is 11.1. The van der Waals surface area contributed by atoms with Gasteiger partial charge in [-0.25, -0.2) is 0 Å². The van der Waals surface area contributed by atoms with Crippen molar-refractivity contribution >= 4 is 34.6 Å². The summed E-state index contributed by atoms with van der Waals surface area (Å²) in [4.78, 5) is 5.39. The predicted molar refractivity (Wildman–Crippen MR) is 89.0 cm³/mol. The lowest BCUT2D eigenvalue weighted by atomic mass is 10.2. The van der Waals surface area contributed by atoms with Gasteiger partial charge in [-0.2, -0.15) is 0 Å². The van der Waals surface area contributed by atoms with Gasteiger partial charge in [0.25, 0.3) is 0 Å². The smallest absolute Gasteiger partial charge is 0.0721 e. The van der Waals surface area contributed by atoms with E-state index in [9.17, 15) is 0 Å². The van der Waals surface area contributed by atoms with Gasteiger partial charge in [0, 0.05) is 9.82 Å². The second-order valence-corrected chi connectivity index (χ2v) is 5.26. The maximum absolute atomic E-state index is 8.39. The van der Waals surface area contributed by atoms with Crippen LogP contribution < -0.4 is 0 Å². The Balaban J connectivity index is 1.97. The van der Waals surface area contributed by atoms with E-state index in [0.717, 1.165) is 11.1 Å².